The molecule has 112 valence electrons. The number of rotatable bonds is 5. The molecule has 3 N–H and O–H groups in total. The first kappa shape index (κ1) is 15.3. The van der Waals surface area contributed by atoms with Gasteiger partial charge in [0.1, 0.15) is 10.7 Å². The zero-order valence-electron chi connectivity index (χ0n) is 11.9. The number of benzene rings is 1. The Morgan fingerprint density at radius 2 is 1.95 bits per heavy atom. The summed E-state index contributed by atoms with van der Waals surface area (Å²) < 4.78 is 26.9. The number of hydrogen-bond acceptors (Lipinski definition) is 5. The van der Waals surface area contributed by atoms with Crippen LogP contribution in [-0.2, 0) is 10.0 Å². The van der Waals surface area contributed by atoms with Crippen molar-refractivity contribution in [1.82, 2.24) is 4.98 Å². The van der Waals surface area contributed by atoms with Crippen LogP contribution in [0, 0.1) is 6.92 Å². The van der Waals surface area contributed by atoms with Gasteiger partial charge >= 0.3 is 0 Å². The minimum absolute atomic E-state index is 0.131. The highest BCUT2D eigenvalue weighted by atomic mass is 32.2. The van der Waals surface area contributed by atoms with Crippen molar-refractivity contribution in [3.63, 3.8) is 0 Å². The van der Waals surface area contributed by atoms with Gasteiger partial charge in [0.05, 0.1) is 5.69 Å². The summed E-state index contributed by atoms with van der Waals surface area (Å²) in [4.78, 5) is 4.09. The van der Waals surface area contributed by atoms with Crippen molar-refractivity contribution in [3.8, 4) is 0 Å². The number of nitrogen functional groups attached to an aromatic ring is 1. The number of aromatic nitrogens is 1. The van der Waals surface area contributed by atoms with Crippen LogP contribution in [-0.4, -0.2) is 19.9 Å². The zero-order valence-corrected chi connectivity index (χ0v) is 12.8. The van der Waals surface area contributed by atoms with Crippen LogP contribution in [0.1, 0.15) is 12.5 Å². The average molecular weight is 306 g/mol. The smallest absolute Gasteiger partial charge is 0.265 e. The Bertz CT molecular complexity index is 714. The number of anilines is 2. The Morgan fingerprint density at radius 3 is 2.48 bits per heavy atom. The molecule has 0 saturated carbocycles. The number of nitrogens with two attached hydrogens (primary N) is 1. The molecule has 1 aromatic heterocycles. The van der Waals surface area contributed by atoms with Crippen LogP contribution in [0.25, 0.3) is 0 Å². The molecule has 0 radical (unpaired) electrons. The van der Waals surface area contributed by atoms with Crippen molar-refractivity contribution < 1.29 is 8.42 Å². The standard InChI is InChI=1S/C14H18N4O2S/c1-3-18(13-7-5-4-6-11(13)2)21(19,20)12-8-9-14(17-15)16-10-12/h4-10H,3,15H2,1-2H3,(H,16,17). The number of para-hydroxylation sites is 1. The Kier molecular flexibility index (Phi) is 4.44. The minimum atomic E-state index is -3.65. The van der Waals surface area contributed by atoms with Crippen molar-refractivity contribution in [2.75, 3.05) is 16.3 Å². The Morgan fingerprint density at radius 1 is 1.24 bits per heavy atom. The van der Waals surface area contributed by atoms with Crippen molar-refractivity contribution in [1.29, 1.82) is 0 Å². The second kappa shape index (κ2) is 6.11. The predicted octanol–water partition coefficient (Wildman–Crippen LogP) is 1.89. The third-order valence-corrected chi connectivity index (χ3v) is 5.02. The lowest BCUT2D eigenvalue weighted by atomic mass is 10.2. The molecule has 6 nitrogen and oxygen atoms in total. The fourth-order valence-corrected chi connectivity index (χ4v) is 3.54. The average Bonchev–Trinajstić information content (AvgIpc) is 2.50. The maximum Gasteiger partial charge on any atom is 0.265 e. The van der Waals surface area contributed by atoms with Gasteiger partial charge in [-0.1, -0.05) is 18.2 Å². The second-order valence-electron chi connectivity index (χ2n) is 4.48. The van der Waals surface area contributed by atoms with E-state index < -0.39 is 10.0 Å². The minimum Gasteiger partial charge on any atom is -0.308 e. The van der Waals surface area contributed by atoms with Gasteiger partial charge in [-0.05, 0) is 37.6 Å². The van der Waals surface area contributed by atoms with E-state index in [2.05, 4.69) is 10.4 Å². The molecule has 0 fully saturated rings. The third kappa shape index (κ3) is 2.98. The van der Waals surface area contributed by atoms with E-state index in [1.807, 2.05) is 25.1 Å². The Hall–Kier alpha value is -2.12. The lowest BCUT2D eigenvalue weighted by molar-refractivity contribution is 0.591. The fourth-order valence-electron chi connectivity index (χ4n) is 2.06. The molecule has 0 amide bonds. The van der Waals surface area contributed by atoms with Crippen molar-refractivity contribution in [3.05, 3.63) is 48.2 Å². The summed E-state index contributed by atoms with van der Waals surface area (Å²) in [6, 6.07) is 10.4. The number of hydrazine groups is 1. The number of nitrogens with one attached hydrogen (secondary N) is 1. The molecule has 0 aliphatic heterocycles. The summed E-state index contributed by atoms with van der Waals surface area (Å²) in [6.07, 6.45) is 1.30. The molecule has 2 aromatic rings. The molecular weight excluding hydrogens is 288 g/mol. The van der Waals surface area contributed by atoms with Crippen LogP contribution in [0.5, 0.6) is 0 Å². The van der Waals surface area contributed by atoms with Crippen LogP contribution in [0.2, 0.25) is 0 Å². The van der Waals surface area contributed by atoms with E-state index in [0.29, 0.717) is 18.1 Å². The third-order valence-electron chi connectivity index (χ3n) is 3.14. The quantitative estimate of drug-likeness (QED) is 0.650. The van der Waals surface area contributed by atoms with E-state index in [4.69, 9.17) is 5.84 Å². The molecular formula is C14H18N4O2S. The molecule has 21 heavy (non-hydrogen) atoms. The molecule has 1 aromatic carbocycles. The van der Waals surface area contributed by atoms with Crippen LogP contribution in [0.4, 0.5) is 11.5 Å². The molecule has 0 aliphatic carbocycles. The van der Waals surface area contributed by atoms with Crippen molar-refractivity contribution in [2.24, 2.45) is 5.84 Å². The largest absolute Gasteiger partial charge is 0.308 e. The highest BCUT2D eigenvalue weighted by Gasteiger charge is 2.24. The molecule has 0 unspecified atom stereocenters. The van der Waals surface area contributed by atoms with Crippen LogP contribution < -0.4 is 15.6 Å². The van der Waals surface area contributed by atoms with E-state index in [9.17, 15) is 8.42 Å². The number of nitrogens with zero attached hydrogens (tertiary/aromatic N) is 2. The summed E-state index contributed by atoms with van der Waals surface area (Å²) in [6.45, 7) is 4.02. The molecule has 0 bridgehead atoms. The molecule has 0 spiro atoms. The molecule has 7 heteroatoms. The summed E-state index contributed by atoms with van der Waals surface area (Å²) in [5, 5.41) is 0. The monoisotopic (exact) mass is 306 g/mol. The van der Waals surface area contributed by atoms with Crippen molar-refractivity contribution >= 4 is 21.5 Å². The van der Waals surface area contributed by atoms with Gasteiger partial charge < -0.3 is 5.43 Å². The fraction of sp³-hybridized carbons (Fsp3) is 0.214. The Balaban J connectivity index is 2.47. The summed E-state index contributed by atoms with van der Waals surface area (Å²) in [7, 11) is -3.65. The van der Waals surface area contributed by atoms with Gasteiger partial charge in [0.15, 0.2) is 0 Å². The normalized spacial score (nSPS) is 11.2. The number of pyridine rings is 1. The summed E-state index contributed by atoms with van der Waals surface area (Å²) in [5.41, 5.74) is 3.94. The van der Waals surface area contributed by atoms with Gasteiger partial charge in [-0.2, -0.15) is 0 Å². The molecule has 0 atom stereocenters. The molecule has 1 heterocycles. The molecule has 2 rings (SSSR count). The first-order chi connectivity index (χ1) is 10.0. The van der Waals surface area contributed by atoms with Gasteiger partial charge in [-0.15, -0.1) is 0 Å². The van der Waals surface area contributed by atoms with Crippen LogP contribution in [0.3, 0.4) is 0 Å². The first-order valence-corrected chi connectivity index (χ1v) is 7.95. The van der Waals surface area contributed by atoms with E-state index >= 15 is 0 Å². The number of aryl methyl sites for hydroxylation is 1. The maximum absolute atomic E-state index is 12.7. The highest BCUT2D eigenvalue weighted by Crippen LogP contribution is 2.26. The van der Waals surface area contributed by atoms with E-state index in [0.717, 1.165) is 5.56 Å². The van der Waals surface area contributed by atoms with Gasteiger partial charge in [0.2, 0.25) is 0 Å². The summed E-state index contributed by atoms with van der Waals surface area (Å²) in [5.74, 6) is 5.64. The second-order valence-corrected chi connectivity index (χ2v) is 6.34. The Labute approximate surface area is 124 Å². The van der Waals surface area contributed by atoms with Gasteiger partial charge in [0.25, 0.3) is 10.0 Å². The number of sulfonamides is 1. The lowest BCUT2D eigenvalue weighted by Crippen LogP contribution is -2.31. The number of hydrogen-bond donors (Lipinski definition) is 2. The van der Waals surface area contributed by atoms with Gasteiger partial charge in [-0.25, -0.2) is 19.2 Å². The maximum atomic E-state index is 12.7. The van der Waals surface area contributed by atoms with Crippen LogP contribution in [0.15, 0.2) is 47.5 Å². The SMILES string of the molecule is CCN(c1ccccc1C)S(=O)(=O)c1ccc(NN)nc1. The first-order valence-electron chi connectivity index (χ1n) is 6.51. The topological polar surface area (TPSA) is 88.3 Å². The predicted molar refractivity (Wildman–Crippen MR) is 83.4 cm³/mol. The van der Waals surface area contributed by atoms with Gasteiger partial charge in [-0.3, -0.25) is 4.31 Å². The van der Waals surface area contributed by atoms with E-state index in [1.54, 1.807) is 13.0 Å². The molecule has 0 saturated heterocycles. The van der Waals surface area contributed by atoms with Gasteiger partial charge in [0, 0.05) is 12.7 Å². The van der Waals surface area contributed by atoms with Crippen LogP contribution >= 0.6 is 0 Å². The summed E-state index contributed by atoms with van der Waals surface area (Å²) >= 11 is 0. The molecule has 0 aliphatic rings. The zero-order chi connectivity index (χ0) is 15.5. The lowest BCUT2D eigenvalue weighted by Gasteiger charge is -2.24. The van der Waals surface area contributed by atoms with Crippen molar-refractivity contribution in [2.45, 2.75) is 18.7 Å². The van der Waals surface area contributed by atoms with E-state index in [-0.39, 0.29) is 4.90 Å². The van der Waals surface area contributed by atoms with E-state index in [1.165, 1.54) is 22.6 Å². The highest BCUT2D eigenvalue weighted by molar-refractivity contribution is 7.92.